The number of aromatic nitrogens is 4. The van der Waals surface area contributed by atoms with Crippen LogP contribution in [0.5, 0.6) is 0 Å². The highest BCUT2D eigenvalue weighted by Gasteiger charge is 2.08. The third-order valence-electron chi connectivity index (χ3n) is 2.86. The van der Waals surface area contributed by atoms with Crippen molar-refractivity contribution in [2.45, 2.75) is 6.92 Å². The van der Waals surface area contributed by atoms with Crippen LogP contribution in [-0.4, -0.2) is 19.5 Å². The largest absolute Gasteiger partial charge is 0.329 e. The normalized spacial score (nSPS) is 11.2. The predicted molar refractivity (Wildman–Crippen MR) is 67.6 cm³/mol. The first kappa shape index (κ1) is 10.6. The van der Waals surface area contributed by atoms with E-state index in [0.717, 1.165) is 10.1 Å². The van der Waals surface area contributed by atoms with Crippen LogP contribution < -0.4 is 11.2 Å². The molecule has 0 saturated carbocycles. The van der Waals surface area contributed by atoms with Crippen molar-refractivity contribution in [3.05, 3.63) is 44.6 Å². The maximum atomic E-state index is 11.9. The first-order valence-corrected chi connectivity index (χ1v) is 5.44. The molecule has 90 valence electrons. The summed E-state index contributed by atoms with van der Waals surface area (Å²) in [5, 5.41) is 0. The van der Waals surface area contributed by atoms with Gasteiger partial charge in [0.25, 0.3) is 5.56 Å². The van der Waals surface area contributed by atoms with Gasteiger partial charge in [-0.15, -0.1) is 0 Å². The molecule has 1 aromatic carbocycles. The van der Waals surface area contributed by atoms with E-state index in [1.54, 1.807) is 0 Å². The van der Waals surface area contributed by atoms with Gasteiger partial charge in [0, 0.05) is 7.05 Å². The number of aromatic amines is 1. The van der Waals surface area contributed by atoms with Gasteiger partial charge in [0.1, 0.15) is 0 Å². The Balaban J connectivity index is 2.57. The lowest BCUT2D eigenvalue weighted by Crippen LogP contribution is -2.33. The van der Waals surface area contributed by atoms with Gasteiger partial charge in [-0.05, 0) is 24.6 Å². The summed E-state index contributed by atoms with van der Waals surface area (Å²) in [6.45, 7) is 1.94. The molecule has 0 fully saturated rings. The Hall–Kier alpha value is -2.50. The zero-order chi connectivity index (χ0) is 12.9. The van der Waals surface area contributed by atoms with Crippen LogP contribution >= 0.6 is 0 Å². The maximum absolute atomic E-state index is 11.9. The fourth-order valence-corrected chi connectivity index (χ4v) is 1.84. The zero-order valence-corrected chi connectivity index (χ0v) is 9.89. The van der Waals surface area contributed by atoms with E-state index >= 15 is 0 Å². The second kappa shape index (κ2) is 3.49. The molecule has 3 aromatic rings. The standard InChI is InChI=1S/C12H10N4O2/c1-6-3-4-7-8(5-6)13-9-10(14-7)15-12(18)16(2)11(9)17/h3-5H,1-2H3,(H,14,15,18). The number of rotatable bonds is 0. The average molecular weight is 242 g/mol. The molecule has 0 saturated heterocycles. The number of hydrogen-bond acceptors (Lipinski definition) is 4. The summed E-state index contributed by atoms with van der Waals surface area (Å²) in [7, 11) is 1.41. The molecule has 1 N–H and O–H groups in total. The van der Waals surface area contributed by atoms with Crippen LogP contribution in [0.25, 0.3) is 22.2 Å². The smallest absolute Gasteiger partial charge is 0.290 e. The van der Waals surface area contributed by atoms with E-state index in [4.69, 9.17) is 0 Å². The topological polar surface area (TPSA) is 80.6 Å². The van der Waals surface area contributed by atoms with Crippen molar-refractivity contribution in [1.29, 1.82) is 0 Å². The van der Waals surface area contributed by atoms with Crippen molar-refractivity contribution in [1.82, 2.24) is 19.5 Å². The highest BCUT2D eigenvalue weighted by Crippen LogP contribution is 2.13. The summed E-state index contributed by atoms with van der Waals surface area (Å²) < 4.78 is 0.985. The van der Waals surface area contributed by atoms with Gasteiger partial charge in [-0.3, -0.25) is 14.3 Å². The third kappa shape index (κ3) is 1.42. The molecule has 2 heterocycles. The van der Waals surface area contributed by atoms with Gasteiger partial charge < -0.3 is 0 Å². The fraction of sp³-hybridized carbons (Fsp3) is 0.167. The van der Waals surface area contributed by atoms with Crippen LogP contribution in [0.2, 0.25) is 0 Å². The van der Waals surface area contributed by atoms with Crippen molar-refractivity contribution in [2.75, 3.05) is 0 Å². The van der Waals surface area contributed by atoms with Crippen molar-refractivity contribution in [2.24, 2.45) is 7.05 Å². The monoisotopic (exact) mass is 242 g/mol. The van der Waals surface area contributed by atoms with Crippen LogP contribution in [0.4, 0.5) is 0 Å². The molecule has 6 heteroatoms. The van der Waals surface area contributed by atoms with Crippen LogP contribution in [0.15, 0.2) is 27.8 Å². The summed E-state index contributed by atoms with van der Waals surface area (Å²) in [6, 6.07) is 5.57. The molecule has 0 atom stereocenters. The number of H-pyrrole nitrogens is 1. The molecule has 0 radical (unpaired) electrons. The van der Waals surface area contributed by atoms with E-state index in [0.29, 0.717) is 11.0 Å². The first-order valence-electron chi connectivity index (χ1n) is 5.44. The van der Waals surface area contributed by atoms with Crippen LogP contribution in [-0.2, 0) is 7.05 Å². The van der Waals surface area contributed by atoms with Gasteiger partial charge in [0.15, 0.2) is 11.2 Å². The molecule has 0 spiro atoms. The molecule has 3 rings (SSSR count). The van der Waals surface area contributed by atoms with E-state index in [1.165, 1.54) is 7.05 Å². The Bertz CT molecular complexity index is 892. The minimum Gasteiger partial charge on any atom is -0.290 e. The lowest BCUT2D eigenvalue weighted by atomic mass is 10.2. The van der Waals surface area contributed by atoms with Gasteiger partial charge in [-0.25, -0.2) is 14.8 Å². The van der Waals surface area contributed by atoms with Gasteiger partial charge in [0.2, 0.25) is 0 Å². The lowest BCUT2D eigenvalue weighted by Gasteiger charge is -2.02. The minimum absolute atomic E-state index is 0.176. The predicted octanol–water partition coefficient (Wildman–Crippen LogP) is 0.478. The molecule has 18 heavy (non-hydrogen) atoms. The Morgan fingerprint density at radius 2 is 1.94 bits per heavy atom. The molecule has 0 unspecified atom stereocenters. The Kier molecular flexibility index (Phi) is 2.07. The van der Waals surface area contributed by atoms with E-state index in [2.05, 4.69) is 15.0 Å². The van der Waals surface area contributed by atoms with Crippen molar-refractivity contribution >= 4 is 22.2 Å². The number of nitrogens with one attached hydrogen (secondary N) is 1. The second-order valence-electron chi connectivity index (χ2n) is 4.21. The summed E-state index contributed by atoms with van der Waals surface area (Å²) in [6.07, 6.45) is 0. The Morgan fingerprint density at radius 1 is 1.17 bits per heavy atom. The summed E-state index contributed by atoms with van der Waals surface area (Å²) in [5.41, 5.74) is 1.80. The minimum atomic E-state index is -0.492. The van der Waals surface area contributed by atoms with Crippen molar-refractivity contribution in [3.63, 3.8) is 0 Å². The molecule has 0 aliphatic heterocycles. The molecular formula is C12H10N4O2. The number of fused-ring (bicyclic) bond motifs is 2. The van der Waals surface area contributed by atoms with Crippen molar-refractivity contribution in [3.8, 4) is 0 Å². The lowest BCUT2D eigenvalue weighted by molar-refractivity contribution is 0.788. The van der Waals surface area contributed by atoms with Gasteiger partial charge >= 0.3 is 5.69 Å². The zero-order valence-electron chi connectivity index (χ0n) is 9.89. The number of aryl methyl sites for hydroxylation is 1. The summed E-state index contributed by atoms with van der Waals surface area (Å²) in [5.74, 6) is 0. The summed E-state index contributed by atoms with van der Waals surface area (Å²) in [4.78, 5) is 34.5. The highest BCUT2D eigenvalue weighted by molar-refractivity contribution is 5.83. The first-order chi connectivity index (χ1) is 8.56. The van der Waals surface area contributed by atoms with Crippen LogP contribution in [0.1, 0.15) is 5.56 Å². The van der Waals surface area contributed by atoms with E-state index in [-0.39, 0.29) is 11.2 Å². The number of nitrogens with zero attached hydrogens (tertiary/aromatic N) is 3. The molecular weight excluding hydrogens is 232 g/mol. The van der Waals surface area contributed by atoms with Gasteiger partial charge in [0.05, 0.1) is 11.0 Å². The Labute approximate surface area is 101 Å². The number of hydrogen-bond donors (Lipinski definition) is 1. The van der Waals surface area contributed by atoms with Crippen molar-refractivity contribution < 1.29 is 0 Å². The molecule has 0 amide bonds. The highest BCUT2D eigenvalue weighted by atomic mass is 16.2. The van der Waals surface area contributed by atoms with Gasteiger partial charge in [-0.1, -0.05) is 6.07 Å². The van der Waals surface area contributed by atoms with Crippen LogP contribution in [0.3, 0.4) is 0 Å². The fourth-order valence-electron chi connectivity index (χ4n) is 1.84. The molecule has 0 aliphatic rings. The second-order valence-corrected chi connectivity index (χ2v) is 4.21. The average Bonchev–Trinajstić information content (AvgIpc) is 2.35. The summed E-state index contributed by atoms with van der Waals surface area (Å²) >= 11 is 0. The van der Waals surface area contributed by atoms with Crippen LogP contribution in [0, 0.1) is 6.92 Å². The third-order valence-corrected chi connectivity index (χ3v) is 2.86. The molecule has 2 aromatic heterocycles. The molecule has 0 bridgehead atoms. The van der Waals surface area contributed by atoms with Gasteiger partial charge in [-0.2, -0.15) is 0 Å². The SMILES string of the molecule is Cc1ccc2nc3[nH]c(=O)n(C)c(=O)c3nc2c1. The van der Waals surface area contributed by atoms with E-state index in [1.807, 2.05) is 25.1 Å². The Morgan fingerprint density at radius 3 is 2.72 bits per heavy atom. The maximum Gasteiger partial charge on any atom is 0.329 e. The van der Waals surface area contributed by atoms with E-state index in [9.17, 15) is 9.59 Å². The molecule has 0 aliphatic carbocycles. The quantitative estimate of drug-likeness (QED) is 0.581. The van der Waals surface area contributed by atoms with E-state index < -0.39 is 11.2 Å². The number of benzene rings is 1. The molecule has 6 nitrogen and oxygen atoms in total.